The smallest absolute Gasteiger partial charge is 0.134 e. The molecule has 0 spiro atoms. The van der Waals surface area contributed by atoms with Gasteiger partial charge >= 0.3 is 0 Å². The normalized spacial score (nSPS) is 13.9. The molecule has 5 nitrogen and oxygen atoms in total. The molecule has 3 aromatic heterocycles. The fourth-order valence-electron chi connectivity index (χ4n) is 8.09. The molecule has 6 heteroatoms. The quantitative estimate of drug-likeness (QED) is 0.128. The van der Waals surface area contributed by atoms with Crippen molar-refractivity contribution in [3.8, 4) is 44.5 Å². The minimum atomic E-state index is 0. The first kappa shape index (κ1) is 35.7. The van der Waals surface area contributed by atoms with Gasteiger partial charge in [-0.25, -0.2) is 4.98 Å². The monoisotopic (exact) mass is 816 g/mol. The van der Waals surface area contributed by atoms with E-state index >= 15 is 0 Å². The number of aromatic nitrogens is 3. The predicted molar refractivity (Wildman–Crippen MR) is 225 cm³/mol. The van der Waals surface area contributed by atoms with Crippen molar-refractivity contribution in [2.75, 3.05) is 0 Å². The summed E-state index contributed by atoms with van der Waals surface area (Å²) >= 11 is 0. The van der Waals surface area contributed by atoms with Crippen molar-refractivity contribution < 1.29 is 27.1 Å². The minimum Gasteiger partial charge on any atom is -0.665 e. The van der Waals surface area contributed by atoms with Gasteiger partial charge < -0.3 is 14.7 Å². The van der Waals surface area contributed by atoms with Crippen LogP contribution in [-0.2, 0) is 27.1 Å². The molecule has 0 saturated heterocycles. The molecule has 0 unspecified atom stereocenters. The van der Waals surface area contributed by atoms with E-state index in [1.165, 1.54) is 6.42 Å². The Morgan fingerprint density at radius 2 is 0.893 bits per heavy atom. The SMILES string of the molecule is [Ag].[c-]1c2c(-c3ccccc3)c3ccc([n-]3)c(-c3ccccc3)c3nc(c(-c4ccccc4)c4ccc([n-]4)c(-c4ccccc4)c1C(OC1CCCCC1)=N2)C=C3. The van der Waals surface area contributed by atoms with E-state index in [0.717, 1.165) is 109 Å². The molecular weight excluding hydrogens is 780 g/mol. The first-order valence-electron chi connectivity index (χ1n) is 19.2. The van der Waals surface area contributed by atoms with Crippen molar-refractivity contribution in [3.05, 3.63) is 169 Å². The minimum absolute atomic E-state index is 0. The van der Waals surface area contributed by atoms with Crippen LogP contribution >= 0.6 is 0 Å². The van der Waals surface area contributed by atoms with Crippen LogP contribution in [0.15, 0.2) is 151 Å². The van der Waals surface area contributed by atoms with Crippen molar-refractivity contribution in [3.63, 3.8) is 0 Å². The Bertz CT molecular complexity index is 2750. The number of hydrogen-bond acceptors (Lipinski definition) is 3. The molecule has 1 fully saturated rings. The van der Waals surface area contributed by atoms with Crippen LogP contribution < -0.4 is 9.97 Å². The number of ether oxygens (including phenoxy) is 1. The molecule has 3 aliphatic rings. The van der Waals surface area contributed by atoms with Gasteiger partial charge in [-0.1, -0.05) is 174 Å². The first-order valence-corrected chi connectivity index (χ1v) is 19.2. The Hall–Kier alpha value is -5.98. The number of rotatable bonds is 5. The van der Waals surface area contributed by atoms with Gasteiger partial charge in [-0.05, 0) is 65.8 Å². The van der Waals surface area contributed by atoms with Gasteiger partial charge in [0.05, 0.1) is 17.5 Å². The van der Waals surface area contributed by atoms with E-state index in [0.29, 0.717) is 11.6 Å². The molecule has 1 radical (unpaired) electrons. The van der Waals surface area contributed by atoms with Crippen LogP contribution in [0.25, 0.3) is 78.7 Å². The molecule has 277 valence electrons. The van der Waals surface area contributed by atoms with E-state index in [1.54, 1.807) is 0 Å². The zero-order valence-corrected chi connectivity index (χ0v) is 32.1. The topological polar surface area (TPSA) is 62.7 Å². The molecule has 5 heterocycles. The molecule has 0 amide bonds. The maximum Gasteiger partial charge on any atom is 0.134 e. The zero-order chi connectivity index (χ0) is 36.6. The van der Waals surface area contributed by atoms with Crippen molar-refractivity contribution in [1.82, 2.24) is 15.0 Å². The second-order valence-corrected chi connectivity index (χ2v) is 14.3. The second-order valence-electron chi connectivity index (χ2n) is 14.3. The first-order chi connectivity index (χ1) is 27.3. The molecule has 56 heavy (non-hydrogen) atoms. The standard InChI is InChI=1S/C50H37N4O.Ag/c1-6-16-33(17-7-1)46-38-32-45(54-50(38)55-37-24-14-5-15-25-37)49(36-22-12-4-13-23-36)44-31-30-43(53-44)48(35-20-10-3-11-21-35)42-29-28-41(52-42)47(34-18-8-2-9-19-34)40-27-26-39(46)51-40;/h1-4,6-13,16-23,26-31,37H,5,14-15,24-25H2;/q-3;. The van der Waals surface area contributed by atoms with Gasteiger partial charge in [0.25, 0.3) is 0 Å². The maximum atomic E-state index is 6.94. The number of nitrogens with zero attached hydrogens (tertiary/aromatic N) is 4. The fourth-order valence-corrected chi connectivity index (χ4v) is 8.09. The van der Waals surface area contributed by atoms with E-state index in [-0.39, 0.29) is 28.5 Å². The summed E-state index contributed by atoms with van der Waals surface area (Å²) < 4.78 is 6.94. The van der Waals surface area contributed by atoms with Crippen LogP contribution in [0.4, 0.5) is 5.69 Å². The van der Waals surface area contributed by atoms with E-state index in [1.807, 2.05) is 24.3 Å². The summed E-state index contributed by atoms with van der Waals surface area (Å²) in [4.78, 5) is 21.5. The molecule has 8 bridgehead atoms. The van der Waals surface area contributed by atoms with Gasteiger partial charge in [-0.3, -0.25) is 4.99 Å². The Kier molecular flexibility index (Phi) is 9.97. The summed E-state index contributed by atoms with van der Waals surface area (Å²) in [5, 5.41) is 0. The van der Waals surface area contributed by atoms with Gasteiger partial charge in [0.1, 0.15) is 5.90 Å². The summed E-state index contributed by atoms with van der Waals surface area (Å²) in [6.07, 6.45) is 9.84. The summed E-state index contributed by atoms with van der Waals surface area (Å²) in [6.45, 7) is 0. The van der Waals surface area contributed by atoms with Crippen LogP contribution in [0.3, 0.4) is 0 Å². The summed E-state index contributed by atoms with van der Waals surface area (Å²) in [5.74, 6) is 0.584. The Labute approximate surface area is 342 Å². The van der Waals surface area contributed by atoms with E-state index in [4.69, 9.17) is 24.7 Å². The van der Waals surface area contributed by atoms with Gasteiger partial charge in [0, 0.05) is 22.4 Å². The molecule has 0 atom stereocenters. The maximum absolute atomic E-state index is 6.94. The van der Waals surface area contributed by atoms with E-state index < -0.39 is 0 Å². The van der Waals surface area contributed by atoms with Crippen molar-refractivity contribution in [2.45, 2.75) is 38.2 Å². The van der Waals surface area contributed by atoms with E-state index in [2.05, 4.69) is 140 Å². The van der Waals surface area contributed by atoms with Crippen molar-refractivity contribution >= 4 is 45.8 Å². The van der Waals surface area contributed by atoms with Gasteiger partial charge in [-0.15, -0.1) is 22.7 Å². The molecular formula is C50H37AgN4O-3. The number of hydrogen-bond donors (Lipinski definition) is 0. The third kappa shape index (κ3) is 6.79. The fraction of sp³-hybridized carbons (Fsp3) is 0.120. The molecule has 10 rings (SSSR count). The molecule has 7 aromatic rings. The van der Waals surface area contributed by atoms with Crippen LogP contribution in [0, 0.1) is 6.07 Å². The largest absolute Gasteiger partial charge is 0.665 e. The number of aliphatic imine (C=N–C) groups is 1. The summed E-state index contributed by atoms with van der Waals surface area (Å²) in [6, 6.07) is 53.9. The van der Waals surface area contributed by atoms with Gasteiger partial charge in [-0.2, -0.15) is 11.0 Å². The molecule has 1 aliphatic carbocycles. The van der Waals surface area contributed by atoms with Crippen LogP contribution in [0.2, 0.25) is 0 Å². The average Bonchev–Trinajstić information content (AvgIpc) is 4.08. The Morgan fingerprint density at radius 3 is 1.38 bits per heavy atom. The van der Waals surface area contributed by atoms with Crippen molar-refractivity contribution in [1.29, 1.82) is 0 Å². The Balaban J connectivity index is 0.00000410. The molecule has 1 saturated carbocycles. The molecule has 2 aliphatic heterocycles. The van der Waals surface area contributed by atoms with Gasteiger partial charge in [0.2, 0.25) is 0 Å². The molecule has 0 N–H and O–H groups in total. The van der Waals surface area contributed by atoms with E-state index in [9.17, 15) is 0 Å². The van der Waals surface area contributed by atoms with Crippen LogP contribution in [0.1, 0.15) is 49.1 Å². The third-order valence-electron chi connectivity index (χ3n) is 10.7. The zero-order valence-electron chi connectivity index (χ0n) is 30.6. The van der Waals surface area contributed by atoms with Crippen LogP contribution in [0.5, 0.6) is 0 Å². The predicted octanol–water partition coefficient (Wildman–Crippen LogP) is 12.2. The Morgan fingerprint density at radius 1 is 0.482 bits per heavy atom. The van der Waals surface area contributed by atoms with Gasteiger partial charge in [0.15, 0.2) is 0 Å². The average molecular weight is 818 g/mol. The number of fused-ring (bicyclic) bond motifs is 8. The third-order valence-corrected chi connectivity index (χ3v) is 10.7. The summed E-state index contributed by atoms with van der Waals surface area (Å²) in [7, 11) is 0. The van der Waals surface area contributed by atoms with Crippen LogP contribution in [-0.4, -0.2) is 17.0 Å². The number of benzene rings is 4. The summed E-state index contributed by atoms with van der Waals surface area (Å²) in [5.41, 5.74) is 14.3. The van der Waals surface area contributed by atoms with Crippen molar-refractivity contribution in [2.24, 2.45) is 4.99 Å². The second kappa shape index (κ2) is 15.6. The molecule has 4 aromatic carbocycles.